The highest BCUT2D eigenvalue weighted by atomic mass is 32.2. The number of nitrogens with zero attached hydrogens (tertiary/aromatic N) is 1. The number of ether oxygens (including phenoxy) is 2. The lowest BCUT2D eigenvalue weighted by Gasteiger charge is -2.30. The molecule has 9 heteroatoms. The molecule has 1 aliphatic rings. The van der Waals surface area contributed by atoms with Crippen molar-refractivity contribution in [2.75, 3.05) is 31.6 Å². The number of esters is 1. The van der Waals surface area contributed by atoms with Crippen molar-refractivity contribution in [2.45, 2.75) is 38.0 Å². The normalized spacial score (nSPS) is 15.1. The van der Waals surface area contributed by atoms with Gasteiger partial charge in [0.05, 0.1) is 24.5 Å². The first-order chi connectivity index (χ1) is 15.8. The molecule has 33 heavy (non-hydrogen) atoms. The van der Waals surface area contributed by atoms with E-state index in [9.17, 15) is 18.0 Å². The number of carbonyl (C=O) groups is 2. The molecule has 0 bridgehead atoms. The van der Waals surface area contributed by atoms with Crippen molar-refractivity contribution in [2.24, 2.45) is 5.92 Å². The zero-order valence-corrected chi connectivity index (χ0v) is 19.8. The lowest BCUT2D eigenvalue weighted by Crippen LogP contribution is -2.41. The number of nitrogens with one attached hydrogen (secondary N) is 1. The largest absolute Gasteiger partial charge is 0.494 e. The van der Waals surface area contributed by atoms with Crippen LogP contribution in [0.5, 0.6) is 5.75 Å². The first-order valence-electron chi connectivity index (χ1n) is 11.1. The van der Waals surface area contributed by atoms with Crippen LogP contribution in [-0.2, 0) is 30.8 Å². The molecule has 1 fully saturated rings. The van der Waals surface area contributed by atoms with Gasteiger partial charge in [-0.1, -0.05) is 12.1 Å². The Labute approximate surface area is 194 Å². The fourth-order valence-electron chi connectivity index (χ4n) is 3.71. The zero-order chi connectivity index (χ0) is 23.8. The van der Waals surface area contributed by atoms with Gasteiger partial charge in [-0.2, -0.15) is 4.31 Å². The average Bonchev–Trinajstić information content (AvgIpc) is 2.81. The molecule has 0 aliphatic carbocycles. The first-order valence-corrected chi connectivity index (χ1v) is 12.6. The van der Waals surface area contributed by atoms with Gasteiger partial charge in [0.25, 0.3) is 0 Å². The Kier molecular flexibility index (Phi) is 8.46. The van der Waals surface area contributed by atoms with Crippen LogP contribution in [0.15, 0.2) is 53.4 Å². The lowest BCUT2D eigenvalue weighted by molar-refractivity contribution is -0.142. The zero-order valence-electron chi connectivity index (χ0n) is 19.0. The van der Waals surface area contributed by atoms with Crippen LogP contribution in [0.2, 0.25) is 0 Å². The highest BCUT2D eigenvalue weighted by Gasteiger charge is 2.32. The van der Waals surface area contributed by atoms with Crippen LogP contribution in [0, 0.1) is 5.92 Å². The van der Waals surface area contributed by atoms with Gasteiger partial charge in [0.15, 0.2) is 0 Å². The number of piperidine rings is 1. The molecule has 2 aromatic rings. The molecule has 178 valence electrons. The molecule has 0 spiro atoms. The second kappa shape index (κ2) is 11.3. The van der Waals surface area contributed by atoms with E-state index in [-0.39, 0.29) is 42.2 Å². The minimum Gasteiger partial charge on any atom is -0.494 e. The number of hydrogen-bond donors (Lipinski definition) is 1. The molecule has 8 nitrogen and oxygen atoms in total. The van der Waals surface area contributed by atoms with E-state index in [1.165, 1.54) is 4.31 Å². The standard InChI is InChI=1S/C24H30N2O6S/c1-3-31-21-9-11-22(12-10-21)33(29,30)26-15-13-19(14-16-26)24(28)25-20-7-5-18(6-8-20)17-23(27)32-4-2/h5-12,19H,3-4,13-17H2,1-2H3,(H,25,28). The number of hydrogen-bond acceptors (Lipinski definition) is 6. The topological polar surface area (TPSA) is 102 Å². The van der Waals surface area contributed by atoms with E-state index in [1.54, 1.807) is 55.5 Å². The van der Waals surface area contributed by atoms with Crippen LogP contribution in [0.25, 0.3) is 0 Å². The van der Waals surface area contributed by atoms with Gasteiger partial charge in [0.1, 0.15) is 5.75 Å². The van der Waals surface area contributed by atoms with Gasteiger partial charge < -0.3 is 14.8 Å². The van der Waals surface area contributed by atoms with Crippen molar-refractivity contribution in [1.82, 2.24) is 4.31 Å². The third-order valence-corrected chi connectivity index (χ3v) is 7.39. The van der Waals surface area contributed by atoms with E-state index in [1.807, 2.05) is 6.92 Å². The fraction of sp³-hybridized carbons (Fsp3) is 0.417. The maximum atomic E-state index is 12.9. The van der Waals surface area contributed by atoms with Crippen molar-refractivity contribution in [3.8, 4) is 5.75 Å². The van der Waals surface area contributed by atoms with Gasteiger partial charge in [-0.3, -0.25) is 9.59 Å². The second-order valence-electron chi connectivity index (χ2n) is 7.75. The van der Waals surface area contributed by atoms with Gasteiger partial charge in [0.2, 0.25) is 15.9 Å². The summed E-state index contributed by atoms with van der Waals surface area (Å²) < 4.78 is 37.6. The molecule has 2 aromatic carbocycles. The van der Waals surface area contributed by atoms with Crippen molar-refractivity contribution >= 4 is 27.6 Å². The van der Waals surface area contributed by atoms with Crippen LogP contribution in [0.4, 0.5) is 5.69 Å². The van der Waals surface area contributed by atoms with Gasteiger partial charge in [-0.05, 0) is 68.7 Å². The van der Waals surface area contributed by atoms with Gasteiger partial charge in [0, 0.05) is 24.7 Å². The van der Waals surface area contributed by atoms with E-state index in [4.69, 9.17) is 9.47 Å². The minimum atomic E-state index is -3.61. The molecule has 1 saturated heterocycles. The van der Waals surface area contributed by atoms with E-state index in [0.29, 0.717) is 37.5 Å². The van der Waals surface area contributed by atoms with E-state index >= 15 is 0 Å². The smallest absolute Gasteiger partial charge is 0.310 e. The van der Waals surface area contributed by atoms with Crippen LogP contribution < -0.4 is 10.1 Å². The highest BCUT2D eigenvalue weighted by molar-refractivity contribution is 7.89. The average molecular weight is 475 g/mol. The molecule has 0 atom stereocenters. The van der Waals surface area contributed by atoms with E-state index in [2.05, 4.69) is 5.32 Å². The maximum Gasteiger partial charge on any atom is 0.310 e. The Morgan fingerprint density at radius 3 is 2.18 bits per heavy atom. The molecule has 0 saturated carbocycles. The Hall–Kier alpha value is -2.91. The number of carbonyl (C=O) groups excluding carboxylic acids is 2. The van der Waals surface area contributed by atoms with Crippen LogP contribution in [0.1, 0.15) is 32.3 Å². The minimum absolute atomic E-state index is 0.133. The van der Waals surface area contributed by atoms with Gasteiger partial charge >= 0.3 is 5.97 Å². The molecule has 0 radical (unpaired) electrons. The van der Waals surface area contributed by atoms with Crippen molar-refractivity contribution in [1.29, 1.82) is 0 Å². The molecule has 1 heterocycles. The third-order valence-electron chi connectivity index (χ3n) is 5.47. The number of amides is 1. The molecule has 1 N–H and O–H groups in total. The quantitative estimate of drug-likeness (QED) is 0.560. The third kappa shape index (κ3) is 6.55. The summed E-state index contributed by atoms with van der Waals surface area (Å²) in [5.41, 5.74) is 1.44. The van der Waals surface area contributed by atoms with Crippen molar-refractivity contribution in [3.63, 3.8) is 0 Å². The van der Waals surface area contributed by atoms with Gasteiger partial charge in [-0.25, -0.2) is 8.42 Å². The number of rotatable bonds is 9. The monoisotopic (exact) mass is 474 g/mol. The lowest BCUT2D eigenvalue weighted by atomic mass is 9.97. The summed E-state index contributed by atoms with van der Waals surface area (Å²) in [7, 11) is -3.61. The Bertz CT molecular complexity index is 1040. The van der Waals surface area contributed by atoms with Crippen molar-refractivity contribution in [3.05, 3.63) is 54.1 Å². The maximum absolute atomic E-state index is 12.9. The summed E-state index contributed by atoms with van der Waals surface area (Å²) in [6.45, 7) is 5.05. The molecule has 1 aliphatic heterocycles. The van der Waals surface area contributed by atoms with E-state index < -0.39 is 10.0 Å². The van der Waals surface area contributed by atoms with Crippen LogP contribution in [-0.4, -0.2) is 50.9 Å². The Morgan fingerprint density at radius 2 is 1.61 bits per heavy atom. The SMILES string of the molecule is CCOC(=O)Cc1ccc(NC(=O)C2CCN(S(=O)(=O)c3ccc(OCC)cc3)CC2)cc1. The molecular formula is C24H30N2O6S. The fourth-order valence-corrected chi connectivity index (χ4v) is 5.18. The summed E-state index contributed by atoms with van der Waals surface area (Å²) in [6.07, 6.45) is 1.08. The molecule has 0 unspecified atom stereocenters. The molecule has 1 amide bonds. The molecular weight excluding hydrogens is 444 g/mol. The van der Waals surface area contributed by atoms with Crippen LogP contribution in [0.3, 0.4) is 0 Å². The number of benzene rings is 2. The second-order valence-corrected chi connectivity index (χ2v) is 9.69. The summed E-state index contributed by atoms with van der Waals surface area (Å²) in [5.74, 6) is -0.0655. The number of sulfonamides is 1. The molecule has 3 rings (SSSR count). The van der Waals surface area contributed by atoms with Gasteiger partial charge in [-0.15, -0.1) is 0 Å². The summed E-state index contributed by atoms with van der Waals surface area (Å²) in [4.78, 5) is 24.5. The summed E-state index contributed by atoms with van der Waals surface area (Å²) in [6, 6.07) is 13.4. The highest BCUT2D eigenvalue weighted by Crippen LogP contribution is 2.26. The predicted octanol–water partition coefficient (Wildman–Crippen LogP) is 3.23. The Balaban J connectivity index is 1.52. The molecule has 0 aromatic heterocycles. The Morgan fingerprint density at radius 1 is 0.970 bits per heavy atom. The number of anilines is 1. The predicted molar refractivity (Wildman–Crippen MR) is 125 cm³/mol. The summed E-state index contributed by atoms with van der Waals surface area (Å²) in [5, 5.41) is 2.88. The first kappa shape index (κ1) is 24.7. The van der Waals surface area contributed by atoms with Crippen molar-refractivity contribution < 1.29 is 27.5 Å². The van der Waals surface area contributed by atoms with Crippen LogP contribution >= 0.6 is 0 Å². The van der Waals surface area contributed by atoms with E-state index in [0.717, 1.165) is 5.56 Å². The summed E-state index contributed by atoms with van der Waals surface area (Å²) >= 11 is 0.